The van der Waals surface area contributed by atoms with E-state index in [-0.39, 0.29) is 18.3 Å². The highest BCUT2D eigenvalue weighted by Gasteiger charge is 2.15. The third kappa shape index (κ3) is 6.14. The maximum atomic E-state index is 13.0. The summed E-state index contributed by atoms with van der Waals surface area (Å²) in [5.41, 5.74) is 8.41. The van der Waals surface area contributed by atoms with Gasteiger partial charge < -0.3 is 20.5 Å². The zero-order chi connectivity index (χ0) is 20.6. The number of rotatable bonds is 8. The quantitative estimate of drug-likeness (QED) is 0.594. The topological polar surface area (TPSA) is 73.6 Å². The Morgan fingerprint density at radius 1 is 1.03 bits per heavy atom. The largest absolute Gasteiger partial charge is 0.457 e. The summed E-state index contributed by atoms with van der Waals surface area (Å²) >= 11 is 0. The number of aryl methyl sites for hydroxylation is 1. The van der Waals surface area contributed by atoms with Crippen molar-refractivity contribution in [2.24, 2.45) is 5.73 Å². The summed E-state index contributed by atoms with van der Waals surface area (Å²) in [5.74, 6) is 0.465. The predicted molar refractivity (Wildman–Crippen MR) is 110 cm³/mol. The highest BCUT2D eigenvalue weighted by atomic mass is 19.1. The van der Waals surface area contributed by atoms with Gasteiger partial charge in [-0.15, -0.1) is 0 Å². The molecule has 1 amide bonds. The highest BCUT2D eigenvalue weighted by molar-refractivity contribution is 5.95. The molecule has 0 radical (unpaired) electrons. The number of ether oxygens (including phenoxy) is 2. The molecule has 0 aliphatic rings. The van der Waals surface area contributed by atoms with Crippen LogP contribution in [0.2, 0.25) is 0 Å². The number of halogens is 1. The van der Waals surface area contributed by atoms with Crippen LogP contribution in [-0.4, -0.2) is 18.6 Å². The van der Waals surface area contributed by atoms with Crippen molar-refractivity contribution in [1.29, 1.82) is 0 Å². The van der Waals surface area contributed by atoms with E-state index in [1.807, 2.05) is 37.3 Å². The van der Waals surface area contributed by atoms with E-state index >= 15 is 0 Å². The van der Waals surface area contributed by atoms with Gasteiger partial charge in [-0.05, 0) is 60.5 Å². The lowest BCUT2D eigenvalue weighted by Crippen LogP contribution is -2.39. The van der Waals surface area contributed by atoms with E-state index in [0.717, 1.165) is 11.1 Å². The molecule has 3 N–H and O–H groups in total. The predicted octanol–water partition coefficient (Wildman–Crippen LogP) is 4.41. The Balaban J connectivity index is 1.52. The van der Waals surface area contributed by atoms with E-state index in [4.69, 9.17) is 15.2 Å². The van der Waals surface area contributed by atoms with Crippen LogP contribution in [0.1, 0.15) is 11.1 Å². The average molecular weight is 394 g/mol. The van der Waals surface area contributed by atoms with Crippen LogP contribution in [0.15, 0.2) is 72.8 Å². The molecule has 6 heteroatoms. The Labute approximate surface area is 169 Å². The summed E-state index contributed by atoms with van der Waals surface area (Å²) in [4.78, 5) is 12.3. The number of benzene rings is 3. The minimum atomic E-state index is -0.784. The van der Waals surface area contributed by atoms with Gasteiger partial charge in [-0.25, -0.2) is 4.39 Å². The lowest BCUT2D eigenvalue weighted by molar-refractivity contribution is -0.118. The first-order valence-electron chi connectivity index (χ1n) is 9.23. The molecule has 0 heterocycles. The van der Waals surface area contributed by atoms with Crippen molar-refractivity contribution in [1.82, 2.24) is 0 Å². The fraction of sp³-hybridized carbons (Fsp3) is 0.174. The number of nitrogens with one attached hydrogen (secondary N) is 1. The first-order valence-corrected chi connectivity index (χ1v) is 9.23. The molecule has 3 aromatic rings. The molecule has 0 unspecified atom stereocenters. The Bertz CT molecular complexity index is 946. The minimum Gasteiger partial charge on any atom is -0.457 e. The van der Waals surface area contributed by atoms with Gasteiger partial charge in [0.25, 0.3) is 0 Å². The van der Waals surface area contributed by atoms with E-state index in [0.29, 0.717) is 23.8 Å². The first-order chi connectivity index (χ1) is 14.0. The molecular weight excluding hydrogens is 371 g/mol. The summed E-state index contributed by atoms with van der Waals surface area (Å²) in [6.07, 6.45) is 0. The number of hydrogen-bond donors (Lipinski definition) is 2. The first kappa shape index (κ1) is 20.5. The van der Waals surface area contributed by atoms with Crippen molar-refractivity contribution >= 4 is 11.6 Å². The molecule has 0 aliphatic heterocycles. The van der Waals surface area contributed by atoms with Crippen LogP contribution >= 0.6 is 0 Å². The van der Waals surface area contributed by atoms with E-state index in [1.165, 1.54) is 12.1 Å². The van der Waals surface area contributed by atoms with Crippen LogP contribution in [-0.2, 0) is 16.1 Å². The van der Waals surface area contributed by atoms with Crippen LogP contribution in [0.3, 0.4) is 0 Å². The van der Waals surface area contributed by atoms with Crippen molar-refractivity contribution in [3.05, 3.63) is 89.7 Å². The molecule has 0 bridgehead atoms. The van der Waals surface area contributed by atoms with Crippen molar-refractivity contribution in [2.45, 2.75) is 19.6 Å². The second-order valence-corrected chi connectivity index (χ2v) is 6.63. The van der Waals surface area contributed by atoms with Crippen molar-refractivity contribution in [2.75, 3.05) is 11.9 Å². The van der Waals surface area contributed by atoms with Gasteiger partial charge in [0.2, 0.25) is 5.91 Å². The van der Waals surface area contributed by atoms with Crippen molar-refractivity contribution in [3.8, 4) is 11.5 Å². The Hall–Kier alpha value is -3.22. The normalized spacial score (nSPS) is 11.7. The molecule has 0 aliphatic carbocycles. The van der Waals surface area contributed by atoms with Gasteiger partial charge in [-0.2, -0.15) is 0 Å². The van der Waals surface area contributed by atoms with Crippen LogP contribution in [0.4, 0.5) is 10.1 Å². The zero-order valence-electron chi connectivity index (χ0n) is 16.1. The van der Waals surface area contributed by atoms with Gasteiger partial charge in [0.1, 0.15) is 23.4 Å². The van der Waals surface area contributed by atoms with Gasteiger partial charge in [-0.3, -0.25) is 4.79 Å². The number of anilines is 1. The van der Waals surface area contributed by atoms with Crippen LogP contribution < -0.4 is 15.8 Å². The SMILES string of the molecule is Cc1cc(Oc2ccc(F)cc2)ccc1NC(=O)[C@@H](N)COCc1ccccc1. The lowest BCUT2D eigenvalue weighted by atomic mass is 10.1. The molecule has 0 saturated carbocycles. The highest BCUT2D eigenvalue weighted by Crippen LogP contribution is 2.26. The molecule has 0 fully saturated rings. The zero-order valence-corrected chi connectivity index (χ0v) is 16.1. The summed E-state index contributed by atoms with van der Waals surface area (Å²) in [5, 5.41) is 2.81. The molecule has 150 valence electrons. The second kappa shape index (κ2) is 9.82. The number of nitrogens with two attached hydrogens (primary N) is 1. The van der Waals surface area contributed by atoms with Crippen molar-refractivity contribution in [3.63, 3.8) is 0 Å². The fourth-order valence-electron chi connectivity index (χ4n) is 2.66. The van der Waals surface area contributed by atoms with Crippen molar-refractivity contribution < 1.29 is 18.7 Å². The van der Waals surface area contributed by atoms with E-state index in [2.05, 4.69) is 5.32 Å². The Morgan fingerprint density at radius 3 is 2.41 bits per heavy atom. The standard InChI is InChI=1S/C23H23FN2O3/c1-16-13-20(29-19-9-7-18(24)8-10-19)11-12-22(16)26-23(27)21(25)15-28-14-17-5-3-2-4-6-17/h2-13,21H,14-15,25H2,1H3,(H,26,27)/t21-/m0/s1. The number of carbonyl (C=O) groups excluding carboxylic acids is 1. The molecular formula is C23H23FN2O3. The monoisotopic (exact) mass is 394 g/mol. The molecule has 29 heavy (non-hydrogen) atoms. The maximum absolute atomic E-state index is 13.0. The fourth-order valence-corrected chi connectivity index (χ4v) is 2.66. The molecule has 0 aromatic heterocycles. The lowest BCUT2D eigenvalue weighted by Gasteiger charge is -2.15. The molecule has 3 rings (SSSR count). The summed E-state index contributed by atoms with van der Waals surface area (Å²) in [7, 11) is 0. The van der Waals surface area contributed by atoms with Crippen LogP contribution in [0.25, 0.3) is 0 Å². The van der Waals surface area contributed by atoms with Gasteiger partial charge in [-0.1, -0.05) is 30.3 Å². The number of carbonyl (C=O) groups is 1. The van der Waals surface area contributed by atoms with E-state index < -0.39 is 6.04 Å². The molecule has 3 aromatic carbocycles. The summed E-state index contributed by atoms with van der Waals surface area (Å²) in [6.45, 7) is 2.37. The van der Waals surface area contributed by atoms with Gasteiger partial charge in [0.15, 0.2) is 0 Å². The average Bonchev–Trinajstić information content (AvgIpc) is 2.72. The van der Waals surface area contributed by atoms with Gasteiger partial charge >= 0.3 is 0 Å². The minimum absolute atomic E-state index is 0.117. The number of amides is 1. The molecule has 0 spiro atoms. The van der Waals surface area contributed by atoms with Gasteiger partial charge in [0, 0.05) is 5.69 Å². The third-order valence-corrected chi connectivity index (χ3v) is 4.25. The van der Waals surface area contributed by atoms with Gasteiger partial charge in [0.05, 0.1) is 13.2 Å². The summed E-state index contributed by atoms with van der Waals surface area (Å²) in [6, 6.07) is 19.9. The Kier molecular flexibility index (Phi) is 6.94. The van der Waals surface area contributed by atoms with Crippen LogP contribution in [0.5, 0.6) is 11.5 Å². The van der Waals surface area contributed by atoms with E-state index in [1.54, 1.807) is 30.3 Å². The smallest absolute Gasteiger partial charge is 0.243 e. The van der Waals surface area contributed by atoms with Crippen LogP contribution in [0, 0.1) is 12.7 Å². The van der Waals surface area contributed by atoms with E-state index in [9.17, 15) is 9.18 Å². The maximum Gasteiger partial charge on any atom is 0.243 e. The molecule has 1 atom stereocenters. The third-order valence-electron chi connectivity index (χ3n) is 4.25. The number of hydrogen-bond acceptors (Lipinski definition) is 4. The summed E-state index contributed by atoms with van der Waals surface area (Å²) < 4.78 is 24.2. The second-order valence-electron chi connectivity index (χ2n) is 6.63. The molecule has 0 saturated heterocycles. The molecule has 5 nitrogen and oxygen atoms in total. The Morgan fingerprint density at radius 2 is 1.72 bits per heavy atom.